The minimum absolute atomic E-state index is 0.176. The number of nitrogens with zero attached hydrogens (tertiary/aromatic N) is 4. The van der Waals surface area contributed by atoms with E-state index in [1.165, 1.54) is 96.4 Å². The smallest absolute Gasteiger partial charge is 0.249 e. The summed E-state index contributed by atoms with van der Waals surface area (Å²) in [5.74, 6) is 4.04. The minimum atomic E-state index is -0.176. The summed E-state index contributed by atoms with van der Waals surface area (Å²) in [5.41, 5.74) is 3.38. The molecule has 3 fully saturated rings. The fraction of sp³-hybridized carbons (Fsp3) is 0.689. The molecule has 1 saturated heterocycles. The Kier molecular flexibility index (Phi) is 14.9. The number of hydrogen-bond acceptors (Lipinski definition) is 8. The molecule has 3 heterocycles. The molecule has 1 aliphatic heterocycles. The van der Waals surface area contributed by atoms with Crippen molar-refractivity contribution in [2.45, 2.75) is 130 Å². The van der Waals surface area contributed by atoms with Gasteiger partial charge in [-0.25, -0.2) is 4.98 Å². The monoisotopic (exact) mass is 756 g/mol. The van der Waals surface area contributed by atoms with Crippen LogP contribution in [0.15, 0.2) is 35.3 Å². The summed E-state index contributed by atoms with van der Waals surface area (Å²) in [6.07, 6.45) is 23.3. The summed E-state index contributed by atoms with van der Waals surface area (Å²) in [4.78, 5) is 41.6. The van der Waals surface area contributed by atoms with Crippen LogP contribution >= 0.6 is 0 Å². The molecule has 6 rings (SSSR count). The average Bonchev–Trinajstić information content (AvgIpc) is 3.16. The highest BCUT2D eigenvalue weighted by atomic mass is 16.5. The number of methoxy groups -OCH3 is 1. The molecule has 2 unspecified atom stereocenters. The number of rotatable bonds is 20. The highest BCUT2D eigenvalue weighted by molar-refractivity contribution is 5.79. The van der Waals surface area contributed by atoms with Crippen LogP contribution in [0.1, 0.15) is 129 Å². The molecular formula is C45H69N7O3. The molecule has 0 radical (unpaired) electrons. The summed E-state index contributed by atoms with van der Waals surface area (Å²) in [5, 5.41) is 7.37. The molecule has 3 N–H and O–H groups in total. The van der Waals surface area contributed by atoms with Gasteiger partial charge in [-0.2, -0.15) is 4.98 Å². The standard InChI is InChI=1S/C45H69N7O3/c1-5-45(29-35-24-33(2)25-36(27-35)30-45)31-42(54)46-18-14-12-10-8-6-7-9-11-13-15-19-51-20-22-52(23-21-51)37-16-17-39(40(28-37)55-4)48-44-47-32-38-34(3)26-41(53)49-43(38)50-44/h16-17,26,28,32-33,35-36H,5-15,18-25,27,29-31H2,1-4H3,(H,46,54)(H2,47,48,49,50,53). The first-order valence-corrected chi connectivity index (χ1v) is 21.8. The Hall–Kier alpha value is -3.66. The van der Waals surface area contributed by atoms with Gasteiger partial charge in [-0.15, -0.1) is 0 Å². The van der Waals surface area contributed by atoms with E-state index in [0.717, 1.165) is 97.8 Å². The Morgan fingerprint density at radius 3 is 2.27 bits per heavy atom. The van der Waals surface area contributed by atoms with Gasteiger partial charge in [0.2, 0.25) is 17.4 Å². The van der Waals surface area contributed by atoms with Crippen LogP contribution < -0.4 is 25.8 Å². The molecule has 1 amide bonds. The number of benzene rings is 1. The first-order valence-electron chi connectivity index (χ1n) is 21.8. The number of fused-ring (bicyclic) bond motifs is 3. The maximum Gasteiger partial charge on any atom is 0.249 e. The van der Waals surface area contributed by atoms with Crippen molar-refractivity contribution in [3.05, 3.63) is 46.4 Å². The van der Waals surface area contributed by atoms with Crippen LogP contribution in [0.25, 0.3) is 11.0 Å². The lowest BCUT2D eigenvalue weighted by molar-refractivity contribution is -0.125. The zero-order valence-electron chi connectivity index (χ0n) is 34.4. The van der Waals surface area contributed by atoms with Gasteiger partial charge < -0.3 is 25.3 Å². The van der Waals surface area contributed by atoms with Crippen molar-refractivity contribution in [2.24, 2.45) is 23.2 Å². The van der Waals surface area contributed by atoms with Crippen LogP contribution in [0.4, 0.5) is 17.3 Å². The van der Waals surface area contributed by atoms with Crippen molar-refractivity contribution < 1.29 is 9.53 Å². The molecule has 0 spiro atoms. The summed E-state index contributed by atoms with van der Waals surface area (Å²) in [6, 6.07) is 7.77. The lowest BCUT2D eigenvalue weighted by atomic mass is 9.57. The molecule has 302 valence electrons. The minimum Gasteiger partial charge on any atom is -0.494 e. The number of amides is 1. The van der Waals surface area contributed by atoms with E-state index in [0.29, 0.717) is 17.5 Å². The Morgan fingerprint density at radius 1 is 0.927 bits per heavy atom. The Labute approximate surface area is 330 Å². The number of pyridine rings is 1. The second-order valence-corrected chi connectivity index (χ2v) is 17.5. The first-order chi connectivity index (χ1) is 26.7. The number of unbranched alkanes of at least 4 members (excludes halogenated alkanes) is 9. The number of piperazine rings is 1. The molecule has 2 aliphatic carbocycles. The number of hydrogen-bond donors (Lipinski definition) is 3. The second kappa shape index (κ2) is 20.0. The van der Waals surface area contributed by atoms with Crippen molar-refractivity contribution in [3.8, 4) is 5.75 Å². The predicted octanol–water partition coefficient (Wildman–Crippen LogP) is 9.15. The molecule has 2 aromatic heterocycles. The summed E-state index contributed by atoms with van der Waals surface area (Å²) >= 11 is 0. The van der Waals surface area contributed by atoms with Gasteiger partial charge >= 0.3 is 0 Å². The van der Waals surface area contributed by atoms with E-state index in [1.807, 2.05) is 13.0 Å². The van der Waals surface area contributed by atoms with Gasteiger partial charge in [0.05, 0.1) is 12.8 Å². The van der Waals surface area contributed by atoms with E-state index in [-0.39, 0.29) is 11.0 Å². The van der Waals surface area contributed by atoms with Gasteiger partial charge in [0, 0.05) is 68.5 Å². The van der Waals surface area contributed by atoms with Gasteiger partial charge in [-0.1, -0.05) is 65.2 Å². The van der Waals surface area contributed by atoms with Gasteiger partial charge in [-0.05, 0) is 106 Å². The molecular weight excluding hydrogens is 687 g/mol. The number of aromatic nitrogens is 3. The average molecular weight is 756 g/mol. The van der Waals surface area contributed by atoms with E-state index < -0.39 is 0 Å². The predicted molar refractivity (Wildman–Crippen MR) is 226 cm³/mol. The Bertz CT molecular complexity index is 1720. The highest BCUT2D eigenvalue weighted by Crippen LogP contribution is 2.53. The van der Waals surface area contributed by atoms with Crippen LogP contribution in [0.5, 0.6) is 5.75 Å². The molecule has 3 aliphatic rings. The van der Waals surface area contributed by atoms with Crippen molar-refractivity contribution in [1.82, 2.24) is 25.2 Å². The normalized spacial score (nSPS) is 22.8. The SMILES string of the molecule is CCC1(CC(=O)NCCCCCCCCCCCCN2CCN(c3ccc(Nc4ncc5c(C)cc(=O)[nH]c5n4)c(OC)c3)CC2)CC2CC(C)CC(C2)C1. The van der Waals surface area contributed by atoms with E-state index in [9.17, 15) is 9.59 Å². The van der Waals surface area contributed by atoms with Crippen LogP contribution in [0, 0.1) is 30.1 Å². The topological polar surface area (TPSA) is 115 Å². The van der Waals surface area contributed by atoms with E-state index in [2.05, 4.69) is 61.4 Å². The van der Waals surface area contributed by atoms with Crippen molar-refractivity contribution in [2.75, 3.05) is 56.6 Å². The summed E-state index contributed by atoms with van der Waals surface area (Å²) < 4.78 is 5.74. The fourth-order valence-electron chi connectivity index (χ4n) is 10.2. The molecule has 10 heteroatoms. The number of aryl methyl sites for hydroxylation is 1. The van der Waals surface area contributed by atoms with Crippen LogP contribution in [-0.4, -0.2) is 72.1 Å². The van der Waals surface area contributed by atoms with E-state index in [1.54, 1.807) is 19.4 Å². The first kappa shape index (κ1) is 41.0. The second-order valence-electron chi connectivity index (χ2n) is 17.5. The van der Waals surface area contributed by atoms with Crippen molar-refractivity contribution in [1.29, 1.82) is 0 Å². The van der Waals surface area contributed by atoms with Gasteiger partial charge in [0.15, 0.2) is 0 Å². The van der Waals surface area contributed by atoms with Crippen LogP contribution in [0.2, 0.25) is 0 Å². The highest BCUT2D eigenvalue weighted by Gasteiger charge is 2.43. The summed E-state index contributed by atoms with van der Waals surface area (Å²) in [7, 11) is 1.68. The molecule has 55 heavy (non-hydrogen) atoms. The van der Waals surface area contributed by atoms with Crippen LogP contribution in [0.3, 0.4) is 0 Å². The maximum absolute atomic E-state index is 12.9. The Balaban J connectivity index is 0.775. The quantitative estimate of drug-likeness (QED) is 0.0979. The third-order valence-electron chi connectivity index (χ3n) is 13.1. The number of aromatic amines is 1. The maximum atomic E-state index is 12.9. The third kappa shape index (κ3) is 11.7. The number of carbonyl (C=O) groups excluding carboxylic acids is 1. The van der Waals surface area contributed by atoms with Crippen molar-refractivity contribution >= 4 is 34.3 Å². The van der Waals surface area contributed by atoms with Gasteiger partial charge in [-0.3, -0.25) is 14.5 Å². The number of nitrogens with one attached hydrogen (secondary N) is 3. The number of H-pyrrole nitrogens is 1. The zero-order valence-corrected chi connectivity index (χ0v) is 34.4. The summed E-state index contributed by atoms with van der Waals surface area (Å²) in [6.45, 7) is 12.8. The molecule has 2 saturated carbocycles. The largest absolute Gasteiger partial charge is 0.494 e. The zero-order chi connectivity index (χ0) is 38.6. The van der Waals surface area contributed by atoms with Crippen LogP contribution in [-0.2, 0) is 4.79 Å². The lowest BCUT2D eigenvalue weighted by Gasteiger charge is -2.48. The van der Waals surface area contributed by atoms with E-state index >= 15 is 0 Å². The molecule has 1 aromatic carbocycles. The fourth-order valence-corrected chi connectivity index (χ4v) is 10.2. The number of anilines is 3. The molecule has 2 atom stereocenters. The lowest BCUT2D eigenvalue weighted by Crippen LogP contribution is -2.46. The van der Waals surface area contributed by atoms with Gasteiger partial charge in [0.25, 0.3) is 0 Å². The third-order valence-corrected chi connectivity index (χ3v) is 13.1. The number of carbonyl (C=O) groups is 1. The Morgan fingerprint density at radius 2 is 1.60 bits per heavy atom. The van der Waals surface area contributed by atoms with Gasteiger partial charge in [0.1, 0.15) is 11.4 Å². The molecule has 10 nitrogen and oxygen atoms in total. The van der Waals surface area contributed by atoms with E-state index in [4.69, 9.17) is 4.74 Å². The number of ether oxygens (including phenoxy) is 1. The van der Waals surface area contributed by atoms with Crippen molar-refractivity contribution in [3.63, 3.8) is 0 Å². The molecule has 2 bridgehead atoms. The molecule has 3 aromatic rings.